The topological polar surface area (TPSA) is 400 Å². The first kappa shape index (κ1) is 63.4. The van der Waals surface area contributed by atoms with E-state index in [4.69, 9.17) is 67.2 Å². The number of pyridine rings is 1. The van der Waals surface area contributed by atoms with Crippen LogP contribution in [0.5, 0.6) is 5.75 Å². The van der Waals surface area contributed by atoms with Crippen molar-refractivity contribution in [1.29, 1.82) is 10.5 Å². The van der Waals surface area contributed by atoms with E-state index in [0.29, 0.717) is 27.7 Å². The number of rotatable bonds is 19. The first-order valence-electron chi connectivity index (χ1n) is 21.0. The number of nitrogens with two attached hydrogens (primary N) is 3. The number of nitriles is 2. The van der Waals surface area contributed by atoms with Gasteiger partial charge in [-0.05, 0) is 69.7 Å². The predicted octanol–water partition coefficient (Wildman–Crippen LogP) is 3.20. The number of carbonyl (C=O) groups is 6. The molecule has 2 aromatic heterocycles. The number of nitrogen functional groups attached to an aromatic ring is 1. The number of aromatic nitrogens is 2. The van der Waals surface area contributed by atoms with Crippen LogP contribution in [0.1, 0.15) is 44.5 Å². The average Bonchev–Trinajstić information content (AvgIpc) is 3.81. The molecule has 2 heterocycles. The fraction of sp³-hybridized carbons (Fsp3) is 0.364. The number of nitrogens with one attached hydrogen (secondary N) is 2. The average molecular weight is 1110 g/mol. The highest BCUT2D eigenvalue weighted by atomic mass is 35.5. The van der Waals surface area contributed by atoms with E-state index in [-0.39, 0.29) is 39.0 Å². The number of amides is 2. The summed E-state index contributed by atoms with van der Waals surface area (Å²) in [6, 6.07) is 12.1. The Kier molecular flexibility index (Phi) is 24.2. The number of aliphatic carboxylic acids is 2. The summed E-state index contributed by atoms with van der Waals surface area (Å²) >= 11 is 7.15. The zero-order valence-corrected chi connectivity index (χ0v) is 40.9. The Hall–Kier alpha value is -7.74. The second-order valence-electron chi connectivity index (χ2n) is 15.3. The van der Waals surface area contributed by atoms with E-state index < -0.39 is 104 Å². The SMILES string of the molecule is C[C@H](N)C(=O)N[C@H](C(=O)OC[C@H](COc1ccc(-c2c(C#N)c(N)nc(SCc3coc(-c4ccc(Cl)cc4)n3)c2C#N)cc1)OC(=O)[C@@H](NC(=O)[C@H](C)N)[C@@H](C)O)[C@@H](C)O.O=C(O)C(F)(F)F.O=C(O)C(F)(F)F. The Bertz CT molecular complexity index is 2690. The number of hydrogen-bond acceptors (Lipinski definition) is 20. The number of aliphatic hydroxyl groups excluding tert-OH is 2. The third kappa shape index (κ3) is 20.2. The Morgan fingerprint density at radius 3 is 1.67 bits per heavy atom. The number of alkyl halides is 6. The van der Waals surface area contributed by atoms with E-state index in [1.54, 1.807) is 36.4 Å². The molecule has 0 spiro atoms. The zero-order chi connectivity index (χ0) is 57.1. The molecule has 0 unspecified atom stereocenters. The molecule has 0 bridgehead atoms. The third-order valence-corrected chi connectivity index (χ3v) is 10.3. The molecule has 31 heteroatoms. The maximum absolute atomic E-state index is 13.2. The summed E-state index contributed by atoms with van der Waals surface area (Å²) in [5.41, 5.74) is 19.3. The zero-order valence-electron chi connectivity index (χ0n) is 39.3. The van der Waals surface area contributed by atoms with Gasteiger partial charge in [-0.2, -0.15) is 36.9 Å². The van der Waals surface area contributed by atoms with Gasteiger partial charge in [0.2, 0.25) is 17.7 Å². The number of ether oxygens (including phenoxy) is 3. The molecule has 75 heavy (non-hydrogen) atoms. The summed E-state index contributed by atoms with van der Waals surface area (Å²) < 4.78 is 85.8. The smallest absolute Gasteiger partial charge is 0.490 e. The largest absolute Gasteiger partial charge is 0.490 e. The number of halogens is 7. The van der Waals surface area contributed by atoms with Crippen LogP contribution in [0.15, 0.2) is 64.2 Å². The quantitative estimate of drug-likeness (QED) is 0.0370. The number of benzene rings is 2. The number of oxazole rings is 1. The number of anilines is 1. The number of carboxylic acids is 2. The van der Waals surface area contributed by atoms with E-state index in [0.717, 1.165) is 0 Å². The maximum atomic E-state index is 13.2. The molecule has 0 fully saturated rings. The lowest BCUT2D eigenvalue weighted by Crippen LogP contribution is -2.54. The van der Waals surface area contributed by atoms with Gasteiger partial charge in [0, 0.05) is 21.9 Å². The third-order valence-electron chi connectivity index (χ3n) is 9.07. The molecule has 406 valence electrons. The molecule has 12 N–H and O–H groups in total. The monoisotopic (exact) mass is 1110 g/mol. The molecule has 0 radical (unpaired) electrons. The summed E-state index contributed by atoms with van der Waals surface area (Å²) in [6.45, 7) is 4.08. The van der Waals surface area contributed by atoms with Gasteiger partial charge in [-0.3, -0.25) is 9.59 Å². The Balaban J connectivity index is 0.00000120. The van der Waals surface area contributed by atoms with Gasteiger partial charge >= 0.3 is 36.2 Å². The van der Waals surface area contributed by atoms with Crippen molar-refractivity contribution in [2.24, 2.45) is 11.5 Å². The number of nitrogens with zero attached hydrogens (tertiary/aromatic N) is 4. The van der Waals surface area contributed by atoms with Crippen LogP contribution in [0, 0.1) is 22.7 Å². The second kappa shape index (κ2) is 28.6. The highest BCUT2D eigenvalue weighted by molar-refractivity contribution is 7.98. The van der Waals surface area contributed by atoms with Gasteiger partial charge in [0.1, 0.15) is 53.8 Å². The van der Waals surface area contributed by atoms with Gasteiger partial charge in [-0.15, -0.1) is 0 Å². The van der Waals surface area contributed by atoms with Gasteiger partial charge < -0.3 is 66.9 Å². The highest BCUT2D eigenvalue weighted by Gasteiger charge is 2.39. The van der Waals surface area contributed by atoms with Gasteiger partial charge in [0.05, 0.1) is 35.5 Å². The van der Waals surface area contributed by atoms with Crippen molar-refractivity contribution in [3.8, 4) is 40.5 Å². The minimum atomic E-state index is -5.08. The van der Waals surface area contributed by atoms with Gasteiger partial charge in [0.25, 0.3) is 0 Å². The van der Waals surface area contributed by atoms with Gasteiger partial charge in [0.15, 0.2) is 18.2 Å². The molecule has 0 aliphatic rings. The summed E-state index contributed by atoms with van der Waals surface area (Å²) in [5, 5.41) is 60.4. The molecule has 4 aromatic rings. The molecule has 7 atom stereocenters. The summed E-state index contributed by atoms with van der Waals surface area (Å²) in [6.07, 6.45) is -12.9. The van der Waals surface area contributed by atoms with Crippen LogP contribution in [0.25, 0.3) is 22.6 Å². The minimum Gasteiger partial charge on any atom is -0.490 e. The van der Waals surface area contributed by atoms with E-state index in [2.05, 4.69) is 26.7 Å². The lowest BCUT2D eigenvalue weighted by Gasteiger charge is -2.26. The van der Waals surface area contributed by atoms with Crippen LogP contribution in [0.2, 0.25) is 5.02 Å². The Morgan fingerprint density at radius 1 is 0.760 bits per heavy atom. The van der Waals surface area contributed by atoms with Crippen molar-refractivity contribution < 1.29 is 94.2 Å². The molecule has 4 rings (SSSR count). The number of esters is 2. The van der Waals surface area contributed by atoms with E-state index in [1.807, 2.05) is 6.07 Å². The van der Waals surface area contributed by atoms with Crippen molar-refractivity contribution in [2.45, 2.75) is 93.3 Å². The number of hydrogen-bond donors (Lipinski definition) is 9. The maximum Gasteiger partial charge on any atom is 0.490 e. The first-order chi connectivity index (χ1) is 34.8. The number of carboxylic acid groups (broad SMARTS) is 2. The lowest BCUT2D eigenvalue weighted by atomic mass is 9.97. The molecular weight excluding hydrogens is 1060 g/mol. The highest BCUT2D eigenvalue weighted by Crippen LogP contribution is 2.37. The molecule has 2 aromatic carbocycles. The minimum absolute atomic E-state index is 0.0359. The molecular formula is C44H46ClF6N9O14S. The molecule has 0 aliphatic carbocycles. The van der Waals surface area contributed by atoms with Gasteiger partial charge in [-0.1, -0.05) is 35.5 Å². The second-order valence-corrected chi connectivity index (χ2v) is 16.7. The van der Waals surface area contributed by atoms with Crippen LogP contribution in [0.3, 0.4) is 0 Å². The van der Waals surface area contributed by atoms with Crippen molar-refractivity contribution in [1.82, 2.24) is 20.6 Å². The standard InChI is InChI=1S/C40H44ClN9O10S.2C2HF3O2/c1-19(44)35(53)48-32(21(3)51)39(55)59-17-28(60-40(56)33(22(4)52)49-36(54)20(2)45)16-57-27-11-7-23(8-12-27)31-29(13-42)34(46)50-38(30(31)14-43)61-18-26-15-58-37(47-26)24-5-9-25(41)10-6-24;2*3-2(4,5)1(6)7/h5-12,15,19-22,28,32-33,51-52H,16-18,44-45H2,1-4H3,(H2,46,50)(H,48,53)(H,49,54);2*(H,6,7)/t19-,20-,21+,22+,28-,32-,33-;;/m0../s1. The van der Waals surface area contributed by atoms with E-state index in [9.17, 15) is 66.3 Å². The van der Waals surface area contributed by atoms with E-state index >= 15 is 0 Å². The predicted molar refractivity (Wildman–Crippen MR) is 248 cm³/mol. The summed E-state index contributed by atoms with van der Waals surface area (Å²) in [4.78, 5) is 77.3. The number of aliphatic hydroxyl groups is 2. The molecule has 0 aliphatic heterocycles. The Morgan fingerprint density at radius 2 is 1.23 bits per heavy atom. The van der Waals surface area contributed by atoms with Crippen LogP contribution in [-0.2, 0) is 44.0 Å². The number of carbonyl (C=O) groups excluding carboxylic acids is 4. The van der Waals surface area contributed by atoms with Gasteiger partial charge in [-0.25, -0.2) is 29.1 Å². The molecule has 0 saturated heterocycles. The molecule has 23 nitrogen and oxygen atoms in total. The normalized spacial score (nSPS) is 13.8. The number of thioether (sulfide) groups is 1. The van der Waals surface area contributed by atoms with Crippen molar-refractivity contribution in [2.75, 3.05) is 18.9 Å². The summed E-state index contributed by atoms with van der Waals surface area (Å²) in [5.74, 6) is -8.53. The lowest BCUT2D eigenvalue weighted by molar-refractivity contribution is -0.193. The van der Waals surface area contributed by atoms with Crippen molar-refractivity contribution >= 4 is 64.9 Å². The van der Waals surface area contributed by atoms with Crippen LogP contribution in [-0.4, -0.2) is 134 Å². The van der Waals surface area contributed by atoms with E-state index in [1.165, 1.54) is 57.9 Å². The fourth-order valence-electron chi connectivity index (χ4n) is 5.28. The van der Waals surface area contributed by atoms with Crippen LogP contribution in [0.4, 0.5) is 32.2 Å². The fourth-order valence-corrected chi connectivity index (χ4v) is 6.28. The molecule has 2 amide bonds. The molecule has 0 saturated carbocycles. The van der Waals surface area contributed by atoms with Crippen molar-refractivity contribution in [3.05, 3.63) is 76.6 Å². The summed E-state index contributed by atoms with van der Waals surface area (Å²) in [7, 11) is 0. The first-order valence-corrected chi connectivity index (χ1v) is 22.3. The van der Waals surface area contributed by atoms with Crippen LogP contribution < -0.4 is 32.6 Å². The van der Waals surface area contributed by atoms with Crippen molar-refractivity contribution in [3.63, 3.8) is 0 Å². The Labute approximate surface area is 429 Å². The van der Waals surface area contributed by atoms with Crippen LogP contribution >= 0.6 is 23.4 Å².